The summed E-state index contributed by atoms with van der Waals surface area (Å²) in [6, 6.07) is 12.8. The fourth-order valence-corrected chi connectivity index (χ4v) is 2.92. The predicted octanol–water partition coefficient (Wildman–Crippen LogP) is 5.03. The zero-order valence-electron chi connectivity index (χ0n) is 12.6. The summed E-state index contributed by atoms with van der Waals surface area (Å²) in [5.74, 6) is 0. The molecule has 0 saturated carbocycles. The first-order valence-corrected chi connectivity index (χ1v) is 8.84. The highest BCUT2D eigenvalue weighted by Crippen LogP contribution is 2.17. The van der Waals surface area contributed by atoms with Gasteiger partial charge in [-0.25, -0.2) is 0 Å². The highest BCUT2D eigenvalue weighted by atomic mass is 127. The van der Waals surface area contributed by atoms with Gasteiger partial charge in [0, 0.05) is 29.4 Å². The molecule has 110 valence electrons. The number of halogens is 1. The quantitative estimate of drug-likeness (QED) is 0.506. The van der Waals surface area contributed by atoms with Crippen molar-refractivity contribution in [3.8, 4) is 0 Å². The van der Waals surface area contributed by atoms with Gasteiger partial charge < -0.3 is 4.90 Å². The van der Waals surface area contributed by atoms with Crippen LogP contribution in [-0.2, 0) is 4.43 Å². The number of rotatable bonds is 6. The van der Waals surface area contributed by atoms with E-state index in [4.69, 9.17) is 0 Å². The molecule has 0 aliphatic carbocycles. The van der Waals surface area contributed by atoms with Crippen LogP contribution >= 0.6 is 22.6 Å². The summed E-state index contributed by atoms with van der Waals surface area (Å²) >= 11 is 2.37. The Morgan fingerprint density at radius 1 is 1.05 bits per heavy atom. The van der Waals surface area contributed by atoms with E-state index in [0.29, 0.717) is 0 Å². The molecule has 21 heavy (non-hydrogen) atoms. The molecule has 0 amide bonds. The van der Waals surface area contributed by atoms with Crippen molar-refractivity contribution in [3.05, 3.63) is 59.4 Å². The molecular weight excluding hydrogens is 371 g/mol. The van der Waals surface area contributed by atoms with Crippen LogP contribution < -0.4 is 4.90 Å². The van der Waals surface area contributed by atoms with E-state index >= 15 is 0 Å². The van der Waals surface area contributed by atoms with Crippen LogP contribution in [0.1, 0.15) is 30.7 Å². The van der Waals surface area contributed by atoms with Gasteiger partial charge in [-0.15, -0.1) is 0 Å². The molecule has 2 nitrogen and oxygen atoms in total. The van der Waals surface area contributed by atoms with Gasteiger partial charge in [-0.05, 0) is 49.2 Å². The molecule has 0 saturated heterocycles. The van der Waals surface area contributed by atoms with Crippen molar-refractivity contribution in [1.29, 1.82) is 0 Å². The van der Waals surface area contributed by atoms with Crippen molar-refractivity contribution in [1.82, 2.24) is 4.98 Å². The van der Waals surface area contributed by atoms with Gasteiger partial charge in [-0.3, -0.25) is 4.98 Å². The molecule has 0 N–H and O–H groups in total. The summed E-state index contributed by atoms with van der Waals surface area (Å²) in [6.07, 6.45) is 6.07. The molecule has 2 aromatic rings. The van der Waals surface area contributed by atoms with E-state index in [-0.39, 0.29) is 0 Å². The molecule has 3 heteroatoms. The third-order valence-corrected chi connectivity index (χ3v) is 4.35. The molecule has 1 aromatic heterocycles. The van der Waals surface area contributed by atoms with Crippen molar-refractivity contribution >= 4 is 40.4 Å². The summed E-state index contributed by atoms with van der Waals surface area (Å²) in [4.78, 5) is 6.78. The molecule has 1 heterocycles. The Morgan fingerprint density at radius 2 is 1.76 bits per heavy atom. The van der Waals surface area contributed by atoms with Gasteiger partial charge in [-0.1, -0.05) is 46.9 Å². The van der Waals surface area contributed by atoms with Crippen LogP contribution in [-0.4, -0.2) is 18.1 Å². The maximum absolute atomic E-state index is 4.44. The van der Waals surface area contributed by atoms with E-state index in [1.165, 1.54) is 16.8 Å². The van der Waals surface area contributed by atoms with E-state index in [9.17, 15) is 0 Å². The Labute approximate surface area is 141 Å². The van der Waals surface area contributed by atoms with Crippen LogP contribution in [0.25, 0.3) is 12.2 Å². The number of anilines is 1. The van der Waals surface area contributed by atoms with Gasteiger partial charge in [0.2, 0.25) is 0 Å². The minimum atomic E-state index is 0.978. The maximum Gasteiger partial charge on any atom is 0.0669 e. The standard InChI is InChI=1S/C18H21IN2/c1-3-21(4-2)17-10-7-15(8-11-17)9-12-18-16(14-19)6-5-13-20-18/h5-13H,3-4,14H2,1-2H3. The van der Waals surface area contributed by atoms with Crippen LogP contribution in [0.5, 0.6) is 0 Å². The van der Waals surface area contributed by atoms with Crippen LogP contribution in [0.15, 0.2) is 42.6 Å². The molecule has 0 aliphatic heterocycles. The zero-order valence-corrected chi connectivity index (χ0v) is 14.7. The SMILES string of the molecule is CCN(CC)c1ccc(C=Cc2ncccc2CI)cc1. The van der Waals surface area contributed by atoms with Gasteiger partial charge in [-0.2, -0.15) is 0 Å². The fourth-order valence-electron chi connectivity index (χ4n) is 2.27. The van der Waals surface area contributed by atoms with E-state index in [1.807, 2.05) is 12.3 Å². The molecule has 2 rings (SSSR count). The minimum Gasteiger partial charge on any atom is -0.372 e. The van der Waals surface area contributed by atoms with Gasteiger partial charge in [0.25, 0.3) is 0 Å². The Hall–Kier alpha value is -1.36. The van der Waals surface area contributed by atoms with Crippen molar-refractivity contribution < 1.29 is 0 Å². The second-order valence-electron chi connectivity index (χ2n) is 4.78. The lowest BCUT2D eigenvalue weighted by molar-refractivity contribution is 0.866. The Balaban J connectivity index is 2.14. The number of aromatic nitrogens is 1. The Morgan fingerprint density at radius 3 is 2.38 bits per heavy atom. The average Bonchev–Trinajstić information content (AvgIpc) is 2.55. The van der Waals surface area contributed by atoms with E-state index < -0.39 is 0 Å². The average molecular weight is 392 g/mol. The summed E-state index contributed by atoms with van der Waals surface area (Å²) in [5.41, 5.74) is 4.81. The molecule has 0 fully saturated rings. The number of nitrogens with zero attached hydrogens (tertiary/aromatic N) is 2. The summed E-state index contributed by atoms with van der Waals surface area (Å²) in [7, 11) is 0. The number of pyridine rings is 1. The lowest BCUT2D eigenvalue weighted by Gasteiger charge is -2.20. The lowest BCUT2D eigenvalue weighted by Crippen LogP contribution is -2.21. The zero-order chi connectivity index (χ0) is 15.1. The van der Waals surface area contributed by atoms with E-state index in [1.54, 1.807) is 0 Å². The summed E-state index contributed by atoms with van der Waals surface area (Å²) in [6.45, 7) is 6.45. The molecule has 0 atom stereocenters. The number of hydrogen-bond acceptors (Lipinski definition) is 2. The molecule has 0 bridgehead atoms. The minimum absolute atomic E-state index is 0.978. The fraction of sp³-hybridized carbons (Fsp3) is 0.278. The smallest absolute Gasteiger partial charge is 0.0669 e. The summed E-state index contributed by atoms with van der Waals surface area (Å²) < 4.78 is 0.978. The molecule has 1 aromatic carbocycles. The first kappa shape index (κ1) is 16.0. The van der Waals surface area contributed by atoms with Crippen LogP contribution in [0.2, 0.25) is 0 Å². The summed E-state index contributed by atoms with van der Waals surface area (Å²) in [5, 5.41) is 0. The largest absolute Gasteiger partial charge is 0.372 e. The monoisotopic (exact) mass is 392 g/mol. The second kappa shape index (κ2) is 8.17. The highest BCUT2D eigenvalue weighted by molar-refractivity contribution is 14.1. The van der Waals surface area contributed by atoms with Crippen molar-refractivity contribution in [3.63, 3.8) is 0 Å². The maximum atomic E-state index is 4.44. The van der Waals surface area contributed by atoms with Crippen LogP contribution in [0, 0.1) is 0 Å². The highest BCUT2D eigenvalue weighted by Gasteiger charge is 2.01. The molecule has 0 unspecified atom stereocenters. The van der Waals surface area contributed by atoms with Crippen molar-refractivity contribution in [2.75, 3.05) is 18.0 Å². The number of benzene rings is 1. The van der Waals surface area contributed by atoms with Gasteiger partial charge in [0.15, 0.2) is 0 Å². The normalized spacial score (nSPS) is 11.0. The van der Waals surface area contributed by atoms with Gasteiger partial charge in [0.1, 0.15) is 0 Å². The Kier molecular flexibility index (Phi) is 6.23. The topological polar surface area (TPSA) is 16.1 Å². The predicted molar refractivity (Wildman–Crippen MR) is 101 cm³/mol. The van der Waals surface area contributed by atoms with Gasteiger partial charge in [0.05, 0.1) is 5.69 Å². The second-order valence-corrected chi connectivity index (χ2v) is 5.54. The van der Waals surface area contributed by atoms with Crippen molar-refractivity contribution in [2.24, 2.45) is 0 Å². The van der Waals surface area contributed by atoms with E-state index in [0.717, 1.165) is 23.2 Å². The molecule has 0 radical (unpaired) electrons. The Bertz CT molecular complexity index is 586. The third-order valence-electron chi connectivity index (χ3n) is 3.53. The number of alkyl halides is 1. The lowest BCUT2D eigenvalue weighted by atomic mass is 10.1. The molecule has 0 spiro atoms. The number of hydrogen-bond donors (Lipinski definition) is 0. The first-order valence-electron chi connectivity index (χ1n) is 7.31. The van der Waals surface area contributed by atoms with E-state index in [2.05, 4.69) is 88.8 Å². The van der Waals surface area contributed by atoms with Gasteiger partial charge >= 0.3 is 0 Å². The van der Waals surface area contributed by atoms with Crippen LogP contribution in [0.4, 0.5) is 5.69 Å². The van der Waals surface area contributed by atoms with Crippen LogP contribution in [0.3, 0.4) is 0 Å². The third kappa shape index (κ3) is 4.30. The first-order chi connectivity index (χ1) is 10.3. The molecular formula is C18H21IN2. The van der Waals surface area contributed by atoms with Crippen molar-refractivity contribution in [2.45, 2.75) is 18.3 Å². The molecule has 0 aliphatic rings.